The van der Waals surface area contributed by atoms with Crippen LogP contribution < -0.4 is 0 Å². The molecule has 1 saturated heterocycles. The van der Waals surface area contributed by atoms with Gasteiger partial charge in [0.05, 0.1) is 5.60 Å². The van der Waals surface area contributed by atoms with Crippen LogP contribution >= 0.6 is 0 Å². The maximum Gasteiger partial charge on any atom is 0.0635 e. The molecule has 1 aromatic carbocycles. The molecule has 1 aliphatic rings. The van der Waals surface area contributed by atoms with E-state index in [4.69, 9.17) is 0 Å². The molecule has 1 aliphatic heterocycles. The van der Waals surface area contributed by atoms with Crippen molar-refractivity contribution in [3.63, 3.8) is 0 Å². The molecule has 0 aliphatic carbocycles. The van der Waals surface area contributed by atoms with Crippen molar-refractivity contribution in [2.75, 3.05) is 6.54 Å². The Morgan fingerprint density at radius 3 is 2.39 bits per heavy atom. The smallest absolute Gasteiger partial charge is 0.0635 e. The van der Waals surface area contributed by atoms with E-state index in [1.54, 1.807) is 0 Å². The molecule has 1 heterocycles. The zero-order valence-electron chi connectivity index (χ0n) is 11.9. The lowest BCUT2D eigenvalue weighted by Gasteiger charge is -2.35. The molecule has 0 amide bonds. The predicted molar refractivity (Wildman–Crippen MR) is 75.4 cm³/mol. The van der Waals surface area contributed by atoms with Crippen LogP contribution in [0.25, 0.3) is 0 Å². The number of hydrogen-bond acceptors (Lipinski definition) is 2. The Labute approximate surface area is 111 Å². The van der Waals surface area contributed by atoms with Crippen LogP contribution in [0.5, 0.6) is 0 Å². The molecule has 18 heavy (non-hydrogen) atoms. The third-order valence-corrected chi connectivity index (χ3v) is 4.49. The van der Waals surface area contributed by atoms with E-state index in [2.05, 4.69) is 49.1 Å². The molecule has 1 fully saturated rings. The molecule has 0 radical (unpaired) electrons. The van der Waals surface area contributed by atoms with E-state index in [1.165, 1.54) is 5.56 Å². The van der Waals surface area contributed by atoms with Crippen molar-refractivity contribution in [1.82, 2.24) is 4.90 Å². The maximum absolute atomic E-state index is 10.2. The highest BCUT2D eigenvalue weighted by Crippen LogP contribution is 2.37. The summed E-state index contributed by atoms with van der Waals surface area (Å²) in [6.45, 7) is 9.45. The first-order valence-electron chi connectivity index (χ1n) is 6.94. The third kappa shape index (κ3) is 2.60. The monoisotopic (exact) mass is 247 g/mol. The van der Waals surface area contributed by atoms with E-state index < -0.39 is 5.60 Å². The first-order valence-corrected chi connectivity index (χ1v) is 6.94. The Bertz CT molecular complexity index is 382. The van der Waals surface area contributed by atoms with Gasteiger partial charge in [0, 0.05) is 18.0 Å². The van der Waals surface area contributed by atoms with Gasteiger partial charge in [-0.05, 0) is 46.2 Å². The van der Waals surface area contributed by atoms with E-state index in [0.717, 1.165) is 13.0 Å². The Morgan fingerprint density at radius 2 is 1.89 bits per heavy atom. The summed E-state index contributed by atoms with van der Waals surface area (Å²) < 4.78 is 0. The van der Waals surface area contributed by atoms with Gasteiger partial charge in [0.15, 0.2) is 0 Å². The Hall–Kier alpha value is -0.860. The average Bonchev–Trinajstić information content (AvgIpc) is 2.71. The predicted octanol–water partition coefficient (Wildman–Crippen LogP) is 3.23. The molecule has 0 bridgehead atoms. The topological polar surface area (TPSA) is 23.5 Å². The van der Waals surface area contributed by atoms with Gasteiger partial charge in [0.2, 0.25) is 0 Å². The summed E-state index contributed by atoms with van der Waals surface area (Å²) in [4.78, 5) is 2.51. The van der Waals surface area contributed by atoms with Crippen molar-refractivity contribution < 1.29 is 5.11 Å². The van der Waals surface area contributed by atoms with Crippen molar-refractivity contribution in [2.24, 2.45) is 5.92 Å². The lowest BCUT2D eigenvalue weighted by Crippen LogP contribution is -2.40. The average molecular weight is 247 g/mol. The molecular formula is C16H25NO. The number of nitrogens with zero attached hydrogens (tertiary/aromatic N) is 1. The molecule has 0 saturated carbocycles. The van der Waals surface area contributed by atoms with Crippen LogP contribution in [0.3, 0.4) is 0 Å². The van der Waals surface area contributed by atoms with E-state index in [0.29, 0.717) is 18.0 Å². The highest BCUT2D eigenvalue weighted by Gasteiger charge is 2.41. The highest BCUT2D eigenvalue weighted by molar-refractivity contribution is 5.19. The van der Waals surface area contributed by atoms with Crippen molar-refractivity contribution in [3.05, 3.63) is 35.9 Å². The van der Waals surface area contributed by atoms with E-state index >= 15 is 0 Å². The minimum atomic E-state index is -0.579. The molecule has 0 spiro atoms. The second kappa shape index (κ2) is 5.02. The van der Waals surface area contributed by atoms with Crippen LogP contribution in [0.4, 0.5) is 0 Å². The van der Waals surface area contributed by atoms with Crippen LogP contribution in [0.1, 0.15) is 45.7 Å². The highest BCUT2D eigenvalue weighted by atomic mass is 16.3. The molecule has 1 aromatic rings. The molecule has 0 aromatic heterocycles. The van der Waals surface area contributed by atoms with Gasteiger partial charge >= 0.3 is 0 Å². The van der Waals surface area contributed by atoms with E-state index in [9.17, 15) is 5.11 Å². The molecule has 1 N–H and O–H groups in total. The Balaban J connectivity index is 2.12. The summed E-state index contributed by atoms with van der Waals surface area (Å²) in [5, 5.41) is 10.2. The van der Waals surface area contributed by atoms with Crippen molar-refractivity contribution >= 4 is 0 Å². The van der Waals surface area contributed by atoms with E-state index in [-0.39, 0.29) is 0 Å². The van der Waals surface area contributed by atoms with Crippen molar-refractivity contribution in [2.45, 2.75) is 51.8 Å². The molecule has 3 atom stereocenters. The summed E-state index contributed by atoms with van der Waals surface area (Å²) in [6.07, 6.45) is 1.09. The van der Waals surface area contributed by atoms with Gasteiger partial charge in [0.25, 0.3) is 0 Å². The molecular weight excluding hydrogens is 222 g/mol. The Kier molecular flexibility index (Phi) is 3.79. The number of rotatable bonds is 3. The van der Waals surface area contributed by atoms with Gasteiger partial charge in [0.1, 0.15) is 0 Å². The molecule has 100 valence electrons. The lowest BCUT2D eigenvalue weighted by atomic mass is 9.85. The van der Waals surface area contributed by atoms with Crippen molar-refractivity contribution in [3.8, 4) is 0 Å². The van der Waals surface area contributed by atoms with Crippen molar-refractivity contribution in [1.29, 1.82) is 0 Å². The summed E-state index contributed by atoms with van der Waals surface area (Å²) >= 11 is 0. The largest absolute Gasteiger partial charge is 0.390 e. The van der Waals surface area contributed by atoms with Crippen LogP contribution in [0.2, 0.25) is 0 Å². The summed E-state index contributed by atoms with van der Waals surface area (Å²) in [5.74, 6) is 0.365. The van der Waals surface area contributed by atoms with Crippen LogP contribution in [-0.2, 0) is 0 Å². The SMILES string of the molecule is CC1C(C(C)(C)O)CCN1[C@@H](C)c1ccccc1. The number of likely N-dealkylation sites (tertiary alicyclic amines) is 1. The maximum atomic E-state index is 10.2. The standard InChI is InChI=1S/C16H25NO/c1-12(14-8-6-5-7-9-14)17-11-10-15(13(17)2)16(3,4)18/h5-9,12-13,15,18H,10-11H2,1-4H3/t12-,13?,15?/m0/s1. The van der Waals surface area contributed by atoms with Crippen LogP contribution in [0, 0.1) is 5.92 Å². The zero-order valence-corrected chi connectivity index (χ0v) is 11.9. The minimum Gasteiger partial charge on any atom is -0.390 e. The Morgan fingerprint density at radius 1 is 1.28 bits per heavy atom. The van der Waals surface area contributed by atoms with Gasteiger partial charge in [-0.25, -0.2) is 0 Å². The molecule has 2 rings (SSSR count). The summed E-state index contributed by atoms with van der Waals surface area (Å²) in [5.41, 5.74) is 0.783. The third-order valence-electron chi connectivity index (χ3n) is 4.49. The second-order valence-electron chi connectivity index (χ2n) is 6.11. The first kappa shape index (κ1) is 13.6. The van der Waals surface area contributed by atoms with Gasteiger partial charge in [-0.1, -0.05) is 30.3 Å². The lowest BCUT2D eigenvalue weighted by molar-refractivity contribution is 0.000625. The van der Waals surface area contributed by atoms with Crippen LogP contribution in [-0.4, -0.2) is 28.2 Å². The van der Waals surface area contributed by atoms with Gasteiger partial charge in [-0.15, -0.1) is 0 Å². The zero-order chi connectivity index (χ0) is 13.3. The van der Waals surface area contributed by atoms with E-state index in [1.807, 2.05) is 13.8 Å². The van der Waals surface area contributed by atoms with Gasteiger partial charge in [-0.2, -0.15) is 0 Å². The number of hydrogen-bond donors (Lipinski definition) is 1. The fourth-order valence-electron chi connectivity index (χ4n) is 3.38. The quantitative estimate of drug-likeness (QED) is 0.886. The summed E-state index contributed by atoms with van der Waals surface area (Å²) in [7, 11) is 0. The second-order valence-corrected chi connectivity index (χ2v) is 6.11. The van der Waals surface area contributed by atoms with Gasteiger partial charge < -0.3 is 5.11 Å². The van der Waals surface area contributed by atoms with Gasteiger partial charge in [-0.3, -0.25) is 4.90 Å². The molecule has 2 heteroatoms. The fraction of sp³-hybridized carbons (Fsp3) is 0.625. The summed E-state index contributed by atoms with van der Waals surface area (Å²) in [6, 6.07) is 11.5. The normalized spacial score (nSPS) is 27.4. The molecule has 2 unspecified atom stereocenters. The minimum absolute atomic E-state index is 0.365. The number of aliphatic hydroxyl groups is 1. The fourth-order valence-corrected chi connectivity index (χ4v) is 3.38. The first-order chi connectivity index (χ1) is 8.41. The molecule has 2 nitrogen and oxygen atoms in total. The number of benzene rings is 1. The van der Waals surface area contributed by atoms with Crippen LogP contribution in [0.15, 0.2) is 30.3 Å².